The van der Waals surface area contributed by atoms with Gasteiger partial charge in [0, 0.05) is 19.4 Å². The Bertz CT molecular complexity index is 638. The first-order chi connectivity index (χ1) is 10.1. The lowest BCUT2D eigenvalue weighted by atomic mass is 10.0. The fourth-order valence-electron chi connectivity index (χ4n) is 2.52. The normalized spacial score (nSPS) is 16.1. The van der Waals surface area contributed by atoms with Gasteiger partial charge in [0.05, 0.1) is 12.1 Å². The minimum absolute atomic E-state index is 0.185. The highest BCUT2D eigenvalue weighted by molar-refractivity contribution is 5.59. The summed E-state index contributed by atoms with van der Waals surface area (Å²) in [5.74, 6) is 0.0315. The lowest BCUT2D eigenvalue weighted by Gasteiger charge is -2.15. The van der Waals surface area contributed by atoms with Gasteiger partial charge in [0.1, 0.15) is 5.82 Å². The SMILES string of the molecule is COCCC1(Cn2nnnc2-c2ccc(N)cc2F)CC1. The maximum Gasteiger partial charge on any atom is 0.184 e. The number of nitrogens with zero attached hydrogens (tertiary/aromatic N) is 4. The quantitative estimate of drug-likeness (QED) is 0.822. The minimum Gasteiger partial charge on any atom is -0.399 e. The van der Waals surface area contributed by atoms with E-state index in [-0.39, 0.29) is 5.41 Å². The molecule has 1 saturated carbocycles. The van der Waals surface area contributed by atoms with Crippen molar-refractivity contribution in [3.8, 4) is 11.4 Å². The van der Waals surface area contributed by atoms with Crippen LogP contribution in [0.3, 0.4) is 0 Å². The second-order valence-electron chi connectivity index (χ2n) is 5.64. The molecule has 1 aromatic heterocycles. The number of hydrogen-bond donors (Lipinski definition) is 1. The third-order valence-electron chi connectivity index (χ3n) is 4.04. The van der Waals surface area contributed by atoms with E-state index in [0.29, 0.717) is 30.2 Å². The van der Waals surface area contributed by atoms with E-state index < -0.39 is 5.82 Å². The molecule has 0 radical (unpaired) electrons. The summed E-state index contributed by atoms with van der Waals surface area (Å²) in [7, 11) is 1.70. The molecule has 2 aromatic rings. The summed E-state index contributed by atoms with van der Waals surface area (Å²) < 4.78 is 20.9. The Hall–Kier alpha value is -2.02. The molecule has 1 aliphatic rings. The topological polar surface area (TPSA) is 78.8 Å². The van der Waals surface area contributed by atoms with Gasteiger partial charge in [0.15, 0.2) is 5.82 Å². The highest BCUT2D eigenvalue weighted by atomic mass is 19.1. The van der Waals surface area contributed by atoms with Crippen molar-refractivity contribution in [2.75, 3.05) is 19.5 Å². The zero-order chi connectivity index (χ0) is 14.9. The van der Waals surface area contributed by atoms with Crippen LogP contribution >= 0.6 is 0 Å². The van der Waals surface area contributed by atoms with Crippen molar-refractivity contribution in [2.45, 2.75) is 25.8 Å². The fourth-order valence-corrected chi connectivity index (χ4v) is 2.52. The van der Waals surface area contributed by atoms with Gasteiger partial charge in [-0.3, -0.25) is 0 Å². The summed E-state index contributed by atoms with van der Waals surface area (Å²) >= 11 is 0. The van der Waals surface area contributed by atoms with E-state index in [0.717, 1.165) is 19.3 Å². The van der Waals surface area contributed by atoms with Crippen LogP contribution in [0, 0.1) is 11.2 Å². The van der Waals surface area contributed by atoms with Crippen LogP contribution < -0.4 is 5.73 Å². The number of hydrogen-bond acceptors (Lipinski definition) is 5. The Morgan fingerprint density at radius 3 is 2.90 bits per heavy atom. The molecule has 21 heavy (non-hydrogen) atoms. The second kappa shape index (κ2) is 5.40. The van der Waals surface area contributed by atoms with Gasteiger partial charge in [-0.25, -0.2) is 9.07 Å². The van der Waals surface area contributed by atoms with E-state index in [2.05, 4.69) is 15.5 Å². The van der Waals surface area contributed by atoms with E-state index in [1.165, 1.54) is 6.07 Å². The molecule has 0 unspecified atom stereocenters. The molecule has 0 spiro atoms. The van der Waals surface area contributed by atoms with Crippen LogP contribution in [-0.4, -0.2) is 33.9 Å². The number of aromatic nitrogens is 4. The molecule has 1 aromatic carbocycles. The van der Waals surface area contributed by atoms with Gasteiger partial charge in [-0.1, -0.05) is 0 Å². The van der Waals surface area contributed by atoms with Gasteiger partial charge in [0.25, 0.3) is 0 Å². The standard InChI is InChI=1S/C14H18FN5O/c1-21-7-6-14(4-5-14)9-20-13(17-18-19-20)11-3-2-10(16)8-12(11)15/h2-3,8H,4-7,9,16H2,1H3. The average molecular weight is 291 g/mol. The maximum absolute atomic E-state index is 14.0. The van der Waals surface area contributed by atoms with E-state index in [1.54, 1.807) is 23.9 Å². The summed E-state index contributed by atoms with van der Waals surface area (Å²) in [5.41, 5.74) is 6.51. The zero-order valence-corrected chi connectivity index (χ0v) is 11.9. The van der Waals surface area contributed by atoms with Crippen LogP contribution in [0.15, 0.2) is 18.2 Å². The van der Waals surface area contributed by atoms with E-state index in [4.69, 9.17) is 10.5 Å². The van der Waals surface area contributed by atoms with E-state index >= 15 is 0 Å². The number of nitrogen functional groups attached to an aromatic ring is 1. The van der Waals surface area contributed by atoms with E-state index in [9.17, 15) is 4.39 Å². The summed E-state index contributed by atoms with van der Waals surface area (Å²) in [6.45, 7) is 1.40. The highest BCUT2D eigenvalue weighted by Crippen LogP contribution is 2.50. The first-order valence-corrected chi connectivity index (χ1v) is 6.94. The van der Waals surface area contributed by atoms with Crippen molar-refractivity contribution >= 4 is 5.69 Å². The van der Waals surface area contributed by atoms with Gasteiger partial charge in [-0.05, 0) is 53.3 Å². The van der Waals surface area contributed by atoms with Crippen LogP contribution in [0.1, 0.15) is 19.3 Å². The molecule has 0 bridgehead atoms. The highest BCUT2D eigenvalue weighted by Gasteiger charge is 2.43. The first-order valence-electron chi connectivity index (χ1n) is 6.94. The number of tetrazole rings is 1. The third-order valence-corrected chi connectivity index (χ3v) is 4.04. The van der Waals surface area contributed by atoms with Crippen molar-refractivity contribution in [2.24, 2.45) is 5.41 Å². The molecule has 0 aliphatic heterocycles. The van der Waals surface area contributed by atoms with Crippen molar-refractivity contribution in [3.63, 3.8) is 0 Å². The Morgan fingerprint density at radius 1 is 1.43 bits per heavy atom. The number of halogens is 1. The van der Waals surface area contributed by atoms with Crippen LogP contribution in [-0.2, 0) is 11.3 Å². The molecular weight excluding hydrogens is 273 g/mol. The number of ether oxygens (including phenoxy) is 1. The van der Waals surface area contributed by atoms with E-state index in [1.807, 2.05) is 0 Å². The molecule has 2 N–H and O–H groups in total. The minimum atomic E-state index is -0.409. The molecule has 1 aliphatic carbocycles. The van der Waals surface area contributed by atoms with Crippen LogP contribution in [0.25, 0.3) is 11.4 Å². The van der Waals surface area contributed by atoms with Gasteiger partial charge in [-0.15, -0.1) is 5.10 Å². The molecule has 112 valence electrons. The number of methoxy groups -OCH3 is 1. The molecular formula is C14H18FN5O. The summed E-state index contributed by atoms with van der Waals surface area (Å²) in [4.78, 5) is 0. The lowest BCUT2D eigenvalue weighted by Crippen LogP contribution is -2.16. The number of nitrogens with two attached hydrogens (primary N) is 1. The fraction of sp³-hybridized carbons (Fsp3) is 0.500. The lowest BCUT2D eigenvalue weighted by molar-refractivity contribution is 0.165. The van der Waals surface area contributed by atoms with Crippen LogP contribution in [0.2, 0.25) is 0 Å². The Kier molecular flexibility index (Phi) is 3.59. The van der Waals surface area contributed by atoms with Crippen molar-refractivity contribution < 1.29 is 9.13 Å². The molecule has 1 heterocycles. The van der Waals surface area contributed by atoms with Crippen molar-refractivity contribution in [3.05, 3.63) is 24.0 Å². The molecule has 0 amide bonds. The number of benzene rings is 1. The average Bonchev–Trinajstić information content (AvgIpc) is 3.07. The Balaban J connectivity index is 1.84. The number of rotatable bonds is 6. The van der Waals surface area contributed by atoms with Gasteiger partial charge >= 0.3 is 0 Å². The maximum atomic E-state index is 14.0. The predicted molar refractivity (Wildman–Crippen MR) is 75.8 cm³/mol. The van der Waals surface area contributed by atoms with Crippen LogP contribution in [0.5, 0.6) is 0 Å². The van der Waals surface area contributed by atoms with Crippen molar-refractivity contribution in [1.82, 2.24) is 20.2 Å². The number of anilines is 1. The zero-order valence-electron chi connectivity index (χ0n) is 11.9. The monoisotopic (exact) mass is 291 g/mol. The Morgan fingerprint density at radius 2 is 2.24 bits per heavy atom. The summed E-state index contributed by atoms with van der Waals surface area (Å²) in [6, 6.07) is 4.54. The van der Waals surface area contributed by atoms with Crippen molar-refractivity contribution in [1.29, 1.82) is 0 Å². The first kappa shape index (κ1) is 13.9. The largest absolute Gasteiger partial charge is 0.399 e. The van der Waals surface area contributed by atoms with Gasteiger partial charge in [-0.2, -0.15) is 0 Å². The smallest absolute Gasteiger partial charge is 0.184 e. The molecule has 3 rings (SSSR count). The predicted octanol–water partition coefficient (Wildman–Crippen LogP) is 1.88. The van der Waals surface area contributed by atoms with Crippen LogP contribution in [0.4, 0.5) is 10.1 Å². The third kappa shape index (κ3) is 2.87. The van der Waals surface area contributed by atoms with Gasteiger partial charge in [0.2, 0.25) is 0 Å². The molecule has 0 saturated heterocycles. The molecule has 7 heteroatoms. The molecule has 0 atom stereocenters. The second-order valence-corrected chi connectivity index (χ2v) is 5.64. The molecule has 6 nitrogen and oxygen atoms in total. The Labute approximate surface area is 122 Å². The summed E-state index contributed by atoms with van der Waals surface area (Å²) in [6.07, 6.45) is 3.22. The van der Waals surface area contributed by atoms with Gasteiger partial charge < -0.3 is 10.5 Å². The molecule has 1 fully saturated rings. The summed E-state index contributed by atoms with van der Waals surface area (Å²) in [5, 5.41) is 11.7.